The first kappa shape index (κ1) is 9.59. The van der Waals surface area contributed by atoms with Crippen molar-refractivity contribution in [1.29, 1.82) is 0 Å². The predicted octanol–water partition coefficient (Wildman–Crippen LogP) is 0.0353. The van der Waals surface area contributed by atoms with Crippen LogP contribution in [-0.2, 0) is 9.53 Å². The number of aliphatic hydroxyl groups excluding tert-OH is 3. The summed E-state index contributed by atoms with van der Waals surface area (Å²) in [7, 11) is 0. The van der Waals surface area contributed by atoms with Gasteiger partial charge in [0.1, 0.15) is 0 Å². The minimum Gasteiger partial charge on any atom is -0.505 e. The number of halogens is 1. The van der Waals surface area contributed by atoms with Crippen molar-refractivity contribution >= 4 is 28.6 Å². The number of cyclic esters (lactones) is 1. The Hall–Kier alpha value is -0.500. The number of carbonyl (C=O) groups excluding carboxylic acids is 1. The molecule has 0 unspecified atom stereocenters. The fourth-order valence-electron chi connectivity index (χ4n) is 0.807. The van der Waals surface area contributed by atoms with Gasteiger partial charge in [-0.05, 0) is 0 Å². The molecular formula is C6H7IO5. The highest BCUT2D eigenvalue weighted by Gasteiger charge is 2.38. The molecule has 3 N–H and O–H groups in total. The molecule has 5 nitrogen and oxygen atoms in total. The maximum absolute atomic E-state index is 10.6. The maximum atomic E-state index is 10.6. The maximum Gasteiger partial charge on any atom is 0.377 e. The molecule has 0 saturated carbocycles. The molecule has 1 aliphatic rings. The molecule has 12 heavy (non-hydrogen) atoms. The van der Waals surface area contributed by atoms with Crippen LogP contribution < -0.4 is 0 Å². The summed E-state index contributed by atoms with van der Waals surface area (Å²) in [5.74, 6) is -2.23. The highest BCUT2D eigenvalue weighted by molar-refractivity contribution is 14.1. The molecule has 0 amide bonds. The Morgan fingerprint density at radius 3 is 2.50 bits per heavy atom. The van der Waals surface area contributed by atoms with Crippen LogP contribution in [0.1, 0.15) is 0 Å². The lowest BCUT2D eigenvalue weighted by Crippen LogP contribution is -2.26. The van der Waals surface area contributed by atoms with Crippen molar-refractivity contribution in [3.05, 3.63) is 11.5 Å². The van der Waals surface area contributed by atoms with Gasteiger partial charge in [0.2, 0.25) is 5.76 Å². The fraction of sp³-hybridized carbons (Fsp3) is 0.500. The minimum absolute atomic E-state index is 0.240. The summed E-state index contributed by atoms with van der Waals surface area (Å²) in [6, 6.07) is 0. The van der Waals surface area contributed by atoms with E-state index in [2.05, 4.69) is 4.74 Å². The fourth-order valence-corrected chi connectivity index (χ4v) is 1.29. The van der Waals surface area contributed by atoms with Gasteiger partial charge in [0, 0.05) is 0 Å². The summed E-state index contributed by atoms with van der Waals surface area (Å²) >= 11 is 1.81. The monoisotopic (exact) mass is 286 g/mol. The molecule has 1 rings (SSSR count). The molecule has 2 atom stereocenters. The summed E-state index contributed by atoms with van der Waals surface area (Å²) in [6.07, 6.45) is -0.928. The molecule has 6 heteroatoms. The molecule has 0 saturated heterocycles. The van der Waals surface area contributed by atoms with Crippen molar-refractivity contribution in [2.45, 2.75) is 10.0 Å². The van der Waals surface area contributed by atoms with E-state index in [9.17, 15) is 4.79 Å². The molecule has 68 valence electrons. The van der Waals surface area contributed by atoms with E-state index in [0.717, 1.165) is 0 Å². The lowest BCUT2D eigenvalue weighted by atomic mass is 10.2. The first-order chi connectivity index (χ1) is 5.57. The van der Waals surface area contributed by atoms with Crippen LogP contribution in [-0.4, -0.2) is 37.9 Å². The SMILES string of the molecule is O=C1O[C@H]([C@@H](I)CO)C(O)=C1O. The van der Waals surface area contributed by atoms with Gasteiger partial charge in [-0.25, -0.2) is 4.79 Å². The van der Waals surface area contributed by atoms with Gasteiger partial charge >= 0.3 is 5.97 Å². The summed E-state index contributed by atoms with van der Waals surface area (Å²) in [5.41, 5.74) is 0. The van der Waals surface area contributed by atoms with Crippen molar-refractivity contribution in [2.24, 2.45) is 0 Å². The third-order valence-electron chi connectivity index (χ3n) is 1.44. The molecule has 0 aliphatic carbocycles. The van der Waals surface area contributed by atoms with Crippen molar-refractivity contribution in [1.82, 2.24) is 0 Å². The van der Waals surface area contributed by atoms with Crippen LogP contribution in [0.2, 0.25) is 0 Å². The van der Waals surface area contributed by atoms with E-state index in [4.69, 9.17) is 15.3 Å². The Balaban J connectivity index is 2.80. The second-order valence-electron chi connectivity index (χ2n) is 2.26. The van der Waals surface area contributed by atoms with E-state index in [0.29, 0.717) is 0 Å². The number of hydrogen-bond acceptors (Lipinski definition) is 5. The molecule has 0 aromatic rings. The Bertz CT molecular complexity index is 236. The van der Waals surface area contributed by atoms with E-state index in [-0.39, 0.29) is 6.61 Å². The zero-order valence-electron chi connectivity index (χ0n) is 5.90. The molecule has 0 aromatic heterocycles. The lowest BCUT2D eigenvalue weighted by molar-refractivity contribution is -0.142. The number of ether oxygens (including phenoxy) is 1. The number of rotatable bonds is 2. The number of carbonyl (C=O) groups is 1. The first-order valence-corrected chi connectivity index (χ1v) is 4.40. The van der Waals surface area contributed by atoms with Crippen LogP contribution in [0.15, 0.2) is 11.5 Å². The summed E-state index contributed by atoms with van der Waals surface area (Å²) in [6.45, 7) is -0.240. The lowest BCUT2D eigenvalue weighted by Gasteiger charge is -2.13. The van der Waals surface area contributed by atoms with Crippen LogP contribution in [0.5, 0.6) is 0 Å². The van der Waals surface area contributed by atoms with Crippen molar-refractivity contribution in [3.63, 3.8) is 0 Å². The van der Waals surface area contributed by atoms with Gasteiger partial charge in [0.25, 0.3) is 0 Å². The number of esters is 1. The summed E-state index contributed by atoms with van der Waals surface area (Å²) < 4.78 is 4.11. The van der Waals surface area contributed by atoms with Gasteiger partial charge in [-0.2, -0.15) is 0 Å². The number of hydrogen-bond donors (Lipinski definition) is 3. The first-order valence-electron chi connectivity index (χ1n) is 3.16. The molecule has 0 spiro atoms. The average Bonchev–Trinajstić information content (AvgIpc) is 2.32. The van der Waals surface area contributed by atoms with Gasteiger partial charge in [0.05, 0.1) is 10.5 Å². The van der Waals surface area contributed by atoms with E-state index >= 15 is 0 Å². The standard InChI is InChI=1S/C6H7IO5/c7-2(1-8)5-3(9)4(10)6(11)12-5/h2,5,8-10H,1H2/t2-,5+/m0/s1. The van der Waals surface area contributed by atoms with E-state index < -0.39 is 27.5 Å². The number of alkyl halides is 1. The van der Waals surface area contributed by atoms with Crippen molar-refractivity contribution < 1.29 is 24.9 Å². The Labute approximate surface area is 81.8 Å². The molecular weight excluding hydrogens is 279 g/mol. The van der Waals surface area contributed by atoms with Gasteiger partial charge in [-0.1, -0.05) is 22.6 Å². The second-order valence-corrected chi connectivity index (χ2v) is 3.86. The van der Waals surface area contributed by atoms with E-state index in [1.165, 1.54) is 0 Å². The average molecular weight is 286 g/mol. The third kappa shape index (κ3) is 1.48. The predicted molar refractivity (Wildman–Crippen MR) is 47.1 cm³/mol. The van der Waals surface area contributed by atoms with Crippen molar-refractivity contribution in [2.75, 3.05) is 6.61 Å². The molecule has 0 radical (unpaired) electrons. The number of aliphatic hydroxyl groups is 3. The van der Waals surface area contributed by atoms with Gasteiger partial charge in [0.15, 0.2) is 11.9 Å². The Kier molecular flexibility index (Phi) is 2.78. The zero-order chi connectivity index (χ0) is 9.30. The molecule has 0 bridgehead atoms. The van der Waals surface area contributed by atoms with Gasteiger partial charge in [-0.3, -0.25) is 0 Å². The van der Waals surface area contributed by atoms with E-state index in [1.54, 1.807) is 0 Å². The Morgan fingerprint density at radius 1 is 1.58 bits per heavy atom. The van der Waals surface area contributed by atoms with Gasteiger partial charge < -0.3 is 20.1 Å². The highest BCUT2D eigenvalue weighted by atomic mass is 127. The minimum atomic E-state index is -0.951. The van der Waals surface area contributed by atoms with Crippen LogP contribution in [0, 0.1) is 0 Å². The topological polar surface area (TPSA) is 87.0 Å². The third-order valence-corrected chi connectivity index (χ3v) is 2.49. The van der Waals surface area contributed by atoms with Crippen LogP contribution >= 0.6 is 22.6 Å². The smallest absolute Gasteiger partial charge is 0.377 e. The van der Waals surface area contributed by atoms with Gasteiger partial charge in [-0.15, -0.1) is 0 Å². The zero-order valence-corrected chi connectivity index (χ0v) is 8.06. The Morgan fingerprint density at radius 2 is 2.17 bits per heavy atom. The summed E-state index contributed by atoms with van der Waals surface area (Å²) in [5, 5.41) is 26.6. The highest BCUT2D eigenvalue weighted by Crippen LogP contribution is 2.24. The largest absolute Gasteiger partial charge is 0.505 e. The molecule has 0 fully saturated rings. The molecule has 1 aliphatic heterocycles. The second kappa shape index (κ2) is 3.48. The summed E-state index contributed by atoms with van der Waals surface area (Å²) in [4.78, 5) is 10.6. The van der Waals surface area contributed by atoms with Crippen LogP contribution in [0.3, 0.4) is 0 Å². The molecule has 0 aromatic carbocycles. The van der Waals surface area contributed by atoms with Crippen LogP contribution in [0.4, 0.5) is 0 Å². The molecule has 1 heterocycles. The van der Waals surface area contributed by atoms with E-state index in [1.807, 2.05) is 22.6 Å². The van der Waals surface area contributed by atoms with Crippen molar-refractivity contribution in [3.8, 4) is 0 Å². The van der Waals surface area contributed by atoms with Crippen LogP contribution in [0.25, 0.3) is 0 Å². The quantitative estimate of drug-likeness (QED) is 0.379. The normalized spacial score (nSPS) is 25.8.